The third-order valence-electron chi connectivity index (χ3n) is 4.60. The number of nitrogens with zero attached hydrogens (tertiary/aromatic N) is 1. The molecule has 112 valence electrons. The molecule has 0 bridgehead atoms. The molecule has 5 nitrogen and oxygen atoms in total. The molecule has 5 heteroatoms. The van der Waals surface area contributed by atoms with Gasteiger partial charge < -0.3 is 10.1 Å². The van der Waals surface area contributed by atoms with Gasteiger partial charge in [0.2, 0.25) is 0 Å². The van der Waals surface area contributed by atoms with Crippen molar-refractivity contribution in [1.29, 1.82) is 0 Å². The van der Waals surface area contributed by atoms with Crippen molar-refractivity contribution >= 4 is 11.8 Å². The van der Waals surface area contributed by atoms with Crippen molar-refractivity contribution in [2.75, 3.05) is 11.9 Å². The number of nitrogens with one attached hydrogen (secondary N) is 2. The van der Waals surface area contributed by atoms with E-state index in [2.05, 4.69) is 47.6 Å². The van der Waals surface area contributed by atoms with E-state index < -0.39 is 0 Å². The minimum atomic E-state index is -0.239. The Balaban J connectivity index is 1.95. The Kier molecular flexibility index (Phi) is 2.66. The zero-order chi connectivity index (χ0) is 15.4. The molecular weight excluding hydrogens is 278 g/mol. The van der Waals surface area contributed by atoms with Crippen LogP contribution in [-0.2, 0) is 9.53 Å². The predicted octanol–water partition coefficient (Wildman–Crippen LogP) is 2.70. The second-order valence-electron chi connectivity index (χ2n) is 5.98. The Labute approximate surface area is 128 Å². The molecule has 0 spiro atoms. The Morgan fingerprint density at radius 2 is 2.05 bits per heavy atom. The Morgan fingerprint density at radius 1 is 1.23 bits per heavy atom. The van der Waals surface area contributed by atoms with Crippen molar-refractivity contribution < 1.29 is 9.53 Å². The number of aryl methyl sites for hydroxylation is 3. The monoisotopic (exact) mass is 295 g/mol. The quantitative estimate of drug-likeness (QED) is 0.794. The average molecular weight is 295 g/mol. The van der Waals surface area contributed by atoms with Crippen LogP contribution in [0.5, 0.6) is 0 Å². The first-order valence-corrected chi connectivity index (χ1v) is 7.35. The molecule has 0 saturated carbocycles. The second kappa shape index (κ2) is 4.47. The van der Waals surface area contributed by atoms with Crippen LogP contribution >= 0.6 is 0 Å². The lowest BCUT2D eigenvalue weighted by molar-refractivity contribution is -0.136. The number of fused-ring (bicyclic) bond motifs is 1. The summed E-state index contributed by atoms with van der Waals surface area (Å²) in [6, 6.07) is 6.34. The lowest BCUT2D eigenvalue weighted by Gasteiger charge is -2.24. The van der Waals surface area contributed by atoms with Crippen LogP contribution in [0.2, 0.25) is 0 Å². The molecule has 3 heterocycles. The number of ether oxygens (including phenoxy) is 1. The third kappa shape index (κ3) is 1.71. The van der Waals surface area contributed by atoms with Crippen LogP contribution in [-0.4, -0.2) is 22.8 Å². The number of cyclic esters (lactones) is 1. The highest BCUT2D eigenvalue weighted by atomic mass is 16.5. The summed E-state index contributed by atoms with van der Waals surface area (Å²) in [5, 5.41) is 10.6. The number of carbonyl (C=O) groups is 1. The molecule has 2 aliphatic rings. The normalized spacial score (nSPS) is 19.6. The lowest BCUT2D eigenvalue weighted by Crippen LogP contribution is -2.20. The maximum Gasteiger partial charge on any atom is 0.337 e. The molecule has 4 rings (SSSR count). The summed E-state index contributed by atoms with van der Waals surface area (Å²) in [4.78, 5) is 12.2. The van der Waals surface area contributed by atoms with E-state index in [-0.39, 0.29) is 11.9 Å². The van der Waals surface area contributed by atoms with E-state index in [0.717, 1.165) is 28.3 Å². The molecule has 2 aliphatic heterocycles. The Hall–Kier alpha value is -2.56. The van der Waals surface area contributed by atoms with E-state index in [0.29, 0.717) is 12.2 Å². The second-order valence-corrected chi connectivity index (χ2v) is 5.98. The largest absolute Gasteiger partial charge is 0.456 e. The van der Waals surface area contributed by atoms with E-state index in [1.165, 1.54) is 11.1 Å². The van der Waals surface area contributed by atoms with E-state index in [1.54, 1.807) is 0 Å². The van der Waals surface area contributed by atoms with Gasteiger partial charge in [0.1, 0.15) is 6.61 Å². The van der Waals surface area contributed by atoms with Gasteiger partial charge in [-0.25, -0.2) is 4.79 Å². The number of H-pyrrole nitrogens is 1. The van der Waals surface area contributed by atoms with Gasteiger partial charge in [0.25, 0.3) is 0 Å². The molecule has 0 aliphatic carbocycles. The average Bonchev–Trinajstić information content (AvgIpc) is 3.05. The molecule has 1 atom stereocenters. The summed E-state index contributed by atoms with van der Waals surface area (Å²) in [7, 11) is 0. The van der Waals surface area contributed by atoms with Crippen LogP contribution in [0.1, 0.15) is 33.9 Å². The number of hydrogen-bond donors (Lipinski definition) is 2. The third-order valence-corrected chi connectivity index (χ3v) is 4.60. The van der Waals surface area contributed by atoms with Gasteiger partial charge in [0.05, 0.1) is 11.3 Å². The summed E-state index contributed by atoms with van der Waals surface area (Å²) >= 11 is 0. The highest BCUT2D eigenvalue weighted by Gasteiger charge is 2.40. The van der Waals surface area contributed by atoms with Crippen LogP contribution in [0.25, 0.3) is 0 Å². The number of esters is 1. The van der Waals surface area contributed by atoms with Crippen LogP contribution in [0.4, 0.5) is 5.82 Å². The first-order valence-electron chi connectivity index (χ1n) is 7.35. The topological polar surface area (TPSA) is 67.0 Å². The Morgan fingerprint density at radius 3 is 2.82 bits per heavy atom. The summed E-state index contributed by atoms with van der Waals surface area (Å²) in [5.74, 6) is 0.425. The van der Waals surface area contributed by atoms with Crippen molar-refractivity contribution in [3.05, 3.63) is 57.4 Å². The van der Waals surface area contributed by atoms with Crippen LogP contribution in [0.3, 0.4) is 0 Å². The van der Waals surface area contributed by atoms with Crippen molar-refractivity contribution in [3.63, 3.8) is 0 Å². The summed E-state index contributed by atoms with van der Waals surface area (Å²) < 4.78 is 5.23. The minimum absolute atomic E-state index is 0.126. The molecule has 0 saturated heterocycles. The standard InChI is InChI=1S/C17H17N3O2/c1-8-4-5-11(6-9(8)2)14-13-10(3)19-20-16(13)18-12-7-22-17(21)15(12)14/h4-6,14H,7H2,1-3H3,(H2,18,19,20). The molecule has 1 aromatic carbocycles. The minimum Gasteiger partial charge on any atom is -0.456 e. The fourth-order valence-electron chi connectivity index (χ4n) is 3.26. The van der Waals surface area contributed by atoms with Crippen LogP contribution in [0, 0.1) is 20.8 Å². The number of hydrogen-bond acceptors (Lipinski definition) is 4. The maximum atomic E-state index is 12.2. The van der Waals surface area contributed by atoms with E-state index >= 15 is 0 Å². The maximum absolute atomic E-state index is 12.2. The molecule has 0 fully saturated rings. The highest BCUT2D eigenvalue weighted by Crippen LogP contribution is 2.44. The zero-order valence-corrected chi connectivity index (χ0v) is 12.8. The van der Waals surface area contributed by atoms with Gasteiger partial charge in [-0.3, -0.25) is 5.10 Å². The molecule has 2 N–H and O–H groups in total. The predicted molar refractivity (Wildman–Crippen MR) is 82.7 cm³/mol. The van der Waals surface area contributed by atoms with Crippen molar-refractivity contribution in [3.8, 4) is 0 Å². The van der Waals surface area contributed by atoms with E-state index in [4.69, 9.17) is 4.74 Å². The molecule has 1 aromatic heterocycles. The number of benzene rings is 1. The molecular formula is C17H17N3O2. The first kappa shape index (κ1) is 13.1. The van der Waals surface area contributed by atoms with Gasteiger partial charge in [-0.15, -0.1) is 0 Å². The smallest absolute Gasteiger partial charge is 0.337 e. The van der Waals surface area contributed by atoms with E-state index in [9.17, 15) is 4.79 Å². The number of rotatable bonds is 1. The number of aromatic amines is 1. The zero-order valence-electron chi connectivity index (χ0n) is 12.8. The number of anilines is 1. The van der Waals surface area contributed by atoms with Crippen LogP contribution < -0.4 is 5.32 Å². The van der Waals surface area contributed by atoms with Gasteiger partial charge >= 0.3 is 5.97 Å². The van der Waals surface area contributed by atoms with E-state index in [1.807, 2.05) is 6.92 Å². The molecule has 22 heavy (non-hydrogen) atoms. The molecule has 1 unspecified atom stereocenters. The highest BCUT2D eigenvalue weighted by molar-refractivity contribution is 5.97. The van der Waals surface area contributed by atoms with Gasteiger partial charge in [0, 0.05) is 17.2 Å². The molecule has 0 amide bonds. The fourth-order valence-corrected chi connectivity index (χ4v) is 3.26. The fraction of sp³-hybridized carbons (Fsp3) is 0.294. The van der Waals surface area contributed by atoms with Crippen molar-refractivity contribution in [2.45, 2.75) is 26.7 Å². The van der Waals surface area contributed by atoms with Gasteiger partial charge in [0.15, 0.2) is 5.82 Å². The number of aromatic nitrogens is 2. The number of carbonyl (C=O) groups excluding carboxylic acids is 1. The molecule has 2 aromatic rings. The Bertz CT molecular complexity index is 832. The van der Waals surface area contributed by atoms with Crippen LogP contribution in [0.15, 0.2) is 29.5 Å². The van der Waals surface area contributed by atoms with Gasteiger partial charge in [-0.05, 0) is 37.5 Å². The summed E-state index contributed by atoms with van der Waals surface area (Å²) in [6.07, 6.45) is 0. The molecule has 0 radical (unpaired) electrons. The summed E-state index contributed by atoms with van der Waals surface area (Å²) in [5.41, 5.74) is 7.09. The summed E-state index contributed by atoms with van der Waals surface area (Å²) in [6.45, 7) is 6.45. The lowest BCUT2D eigenvalue weighted by atomic mass is 9.81. The first-order chi connectivity index (χ1) is 10.6. The van der Waals surface area contributed by atoms with Gasteiger partial charge in [-0.2, -0.15) is 5.10 Å². The van der Waals surface area contributed by atoms with Crippen molar-refractivity contribution in [2.24, 2.45) is 0 Å². The van der Waals surface area contributed by atoms with Crippen molar-refractivity contribution in [1.82, 2.24) is 10.2 Å². The van der Waals surface area contributed by atoms with Gasteiger partial charge in [-0.1, -0.05) is 18.2 Å². The SMILES string of the molecule is Cc1ccc(C2C3=C(COC3=O)Nc3n[nH]c(C)c32)cc1C.